The van der Waals surface area contributed by atoms with Crippen LogP contribution >= 0.6 is 0 Å². The van der Waals surface area contributed by atoms with E-state index >= 15 is 0 Å². The zero-order chi connectivity index (χ0) is 10.8. The molecule has 15 heavy (non-hydrogen) atoms. The summed E-state index contributed by atoms with van der Waals surface area (Å²) in [6, 6.07) is 1.92. The SMILES string of the molecule is CNc1nc(C(C)C)nc2cnccc12. The van der Waals surface area contributed by atoms with E-state index in [0.717, 1.165) is 22.5 Å². The van der Waals surface area contributed by atoms with Gasteiger partial charge in [0.1, 0.15) is 11.6 Å². The molecule has 0 fully saturated rings. The van der Waals surface area contributed by atoms with Crippen LogP contribution in [-0.4, -0.2) is 22.0 Å². The smallest absolute Gasteiger partial charge is 0.137 e. The maximum absolute atomic E-state index is 4.47. The number of hydrogen-bond acceptors (Lipinski definition) is 4. The highest BCUT2D eigenvalue weighted by molar-refractivity contribution is 5.88. The molecule has 4 heteroatoms. The third-order valence-corrected chi connectivity index (χ3v) is 2.27. The van der Waals surface area contributed by atoms with E-state index in [-0.39, 0.29) is 0 Å². The lowest BCUT2D eigenvalue weighted by atomic mass is 10.2. The lowest BCUT2D eigenvalue weighted by molar-refractivity contribution is 0.784. The van der Waals surface area contributed by atoms with Crippen LogP contribution in [0.2, 0.25) is 0 Å². The predicted octanol–water partition coefficient (Wildman–Crippen LogP) is 2.19. The van der Waals surface area contributed by atoms with Crippen LogP contribution in [0.5, 0.6) is 0 Å². The lowest BCUT2D eigenvalue weighted by Gasteiger charge is -2.09. The van der Waals surface area contributed by atoms with E-state index in [1.807, 2.05) is 13.1 Å². The molecule has 4 nitrogen and oxygen atoms in total. The van der Waals surface area contributed by atoms with Gasteiger partial charge in [0.15, 0.2) is 0 Å². The maximum Gasteiger partial charge on any atom is 0.137 e. The molecular weight excluding hydrogens is 188 g/mol. The summed E-state index contributed by atoms with van der Waals surface area (Å²) in [5.41, 5.74) is 0.889. The first-order valence-electron chi connectivity index (χ1n) is 5.01. The van der Waals surface area contributed by atoms with Gasteiger partial charge in [-0.25, -0.2) is 9.97 Å². The zero-order valence-electron chi connectivity index (χ0n) is 9.15. The van der Waals surface area contributed by atoms with E-state index in [4.69, 9.17) is 0 Å². The second kappa shape index (κ2) is 3.81. The Morgan fingerprint density at radius 3 is 2.73 bits per heavy atom. The maximum atomic E-state index is 4.47. The Morgan fingerprint density at radius 1 is 1.27 bits per heavy atom. The number of aromatic nitrogens is 3. The molecule has 0 unspecified atom stereocenters. The number of hydrogen-bond donors (Lipinski definition) is 1. The number of fused-ring (bicyclic) bond motifs is 1. The molecule has 2 heterocycles. The Balaban J connectivity index is 2.71. The first kappa shape index (κ1) is 9.83. The molecule has 0 amide bonds. The van der Waals surface area contributed by atoms with Gasteiger partial charge in [-0.3, -0.25) is 4.98 Å². The third-order valence-electron chi connectivity index (χ3n) is 2.27. The topological polar surface area (TPSA) is 50.7 Å². The molecule has 0 bridgehead atoms. The highest BCUT2D eigenvalue weighted by Crippen LogP contribution is 2.21. The van der Waals surface area contributed by atoms with Crippen molar-refractivity contribution in [2.75, 3.05) is 12.4 Å². The molecule has 0 spiro atoms. The van der Waals surface area contributed by atoms with Gasteiger partial charge in [-0.2, -0.15) is 0 Å². The molecule has 0 aliphatic heterocycles. The number of nitrogens with zero attached hydrogens (tertiary/aromatic N) is 3. The van der Waals surface area contributed by atoms with Gasteiger partial charge >= 0.3 is 0 Å². The lowest BCUT2D eigenvalue weighted by Crippen LogP contribution is -2.03. The van der Waals surface area contributed by atoms with Crippen LogP contribution in [0.15, 0.2) is 18.5 Å². The molecule has 2 aromatic heterocycles. The van der Waals surface area contributed by atoms with Gasteiger partial charge in [-0.1, -0.05) is 13.8 Å². The molecule has 0 aromatic carbocycles. The minimum Gasteiger partial charge on any atom is -0.373 e. The monoisotopic (exact) mass is 202 g/mol. The van der Waals surface area contributed by atoms with E-state index in [1.54, 1.807) is 12.4 Å². The average molecular weight is 202 g/mol. The van der Waals surface area contributed by atoms with Crippen molar-refractivity contribution in [3.8, 4) is 0 Å². The van der Waals surface area contributed by atoms with Crippen molar-refractivity contribution in [3.05, 3.63) is 24.3 Å². The van der Waals surface area contributed by atoms with Gasteiger partial charge in [0.05, 0.1) is 11.7 Å². The minimum absolute atomic E-state index is 0.321. The van der Waals surface area contributed by atoms with Gasteiger partial charge in [0.25, 0.3) is 0 Å². The zero-order valence-corrected chi connectivity index (χ0v) is 9.15. The average Bonchev–Trinajstić information content (AvgIpc) is 2.27. The summed E-state index contributed by atoms with van der Waals surface area (Å²) in [4.78, 5) is 13.0. The fourth-order valence-corrected chi connectivity index (χ4v) is 1.45. The van der Waals surface area contributed by atoms with Crippen molar-refractivity contribution < 1.29 is 0 Å². The Hall–Kier alpha value is -1.71. The minimum atomic E-state index is 0.321. The quantitative estimate of drug-likeness (QED) is 0.811. The molecular formula is C11H14N4. The summed E-state index contributed by atoms with van der Waals surface area (Å²) in [6.07, 6.45) is 3.52. The van der Waals surface area contributed by atoms with Gasteiger partial charge in [-0.05, 0) is 6.07 Å². The first-order chi connectivity index (χ1) is 7.22. The highest BCUT2D eigenvalue weighted by Gasteiger charge is 2.08. The fourth-order valence-electron chi connectivity index (χ4n) is 1.45. The molecule has 0 saturated heterocycles. The van der Waals surface area contributed by atoms with Crippen LogP contribution in [0, 0.1) is 0 Å². The van der Waals surface area contributed by atoms with E-state index in [9.17, 15) is 0 Å². The van der Waals surface area contributed by atoms with E-state index in [0.29, 0.717) is 5.92 Å². The third kappa shape index (κ3) is 1.75. The Labute approximate surface area is 88.8 Å². The molecule has 0 aliphatic rings. The fraction of sp³-hybridized carbons (Fsp3) is 0.364. The Bertz CT molecular complexity index is 479. The molecule has 0 atom stereocenters. The number of nitrogens with one attached hydrogen (secondary N) is 1. The molecule has 0 saturated carbocycles. The van der Waals surface area contributed by atoms with Crippen LogP contribution in [0.25, 0.3) is 10.9 Å². The molecule has 0 radical (unpaired) electrons. The van der Waals surface area contributed by atoms with Crippen molar-refractivity contribution >= 4 is 16.7 Å². The van der Waals surface area contributed by atoms with Crippen molar-refractivity contribution in [2.24, 2.45) is 0 Å². The number of rotatable bonds is 2. The molecule has 78 valence electrons. The second-order valence-electron chi connectivity index (χ2n) is 3.73. The van der Waals surface area contributed by atoms with Crippen molar-refractivity contribution in [2.45, 2.75) is 19.8 Å². The Morgan fingerprint density at radius 2 is 2.07 bits per heavy atom. The van der Waals surface area contributed by atoms with Crippen molar-refractivity contribution in [1.29, 1.82) is 0 Å². The predicted molar refractivity (Wildman–Crippen MR) is 61.0 cm³/mol. The second-order valence-corrected chi connectivity index (χ2v) is 3.73. The van der Waals surface area contributed by atoms with Crippen molar-refractivity contribution in [1.82, 2.24) is 15.0 Å². The van der Waals surface area contributed by atoms with Crippen LogP contribution in [-0.2, 0) is 0 Å². The largest absolute Gasteiger partial charge is 0.373 e. The first-order valence-corrected chi connectivity index (χ1v) is 5.01. The summed E-state index contributed by atoms with van der Waals surface area (Å²) in [5, 5.41) is 4.10. The summed E-state index contributed by atoms with van der Waals surface area (Å²) in [7, 11) is 1.87. The van der Waals surface area contributed by atoms with E-state index in [1.165, 1.54) is 0 Å². The van der Waals surface area contributed by atoms with Gasteiger partial charge in [0.2, 0.25) is 0 Å². The summed E-state index contributed by atoms with van der Waals surface area (Å²) < 4.78 is 0. The standard InChI is InChI=1S/C11H14N4/c1-7(2)10-14-9-6-13-5-4-8(9)11(12-3)15-10/h4-7H,1-3H3,(H,12,14,15). The van der Waals surface area contributed by atoms with Crippen LogP contribution in [0.4, 0.5) is 5.82 Å². The van der Waals surface area contributed by atoms with Gasteiger partial charge in [0, 0.05) is 24.5 Å². The van der Waals surface area contributed by atoms with Crippen LogP contribution in [0.1, 0.15) is 25.6 Å². The summed E-state index contributed by atoms with van der Waals surface area (Å²) in [6.45, 7) is 4.16. The van der Waals surface area contributed by atoms with Gasteiger partial charge < -0.3 is 5.32 Å². The molecule has 0 aliphatic carbocycles. The highest BCUT2D eigenvalue weighted by atomic mass is 15.0. The molecule has 2 rings (SSSR count). The summed E-state index contributed by atoms with van der Waals surface area (Å²) >= 11 is 0. The molecule has 2 aromatic rings. The normalized spacial score (nSPS) is 10.9. The van der Waals surface area contributed by atoms with Gasteiger partial charge in [-0.15, -0.1) is 0 Å². The van der Waals surface area contributed by atoms with E-state index in [2.05, 4.69) is 34.1 Å². The van der Waals surface area contributed by atoms with Crippen LogP contribution < -0.4 is 5.32 Å². The number of pyridine rings is 1. The van der Waals surface area contributed by atoms with E-state index < -0.39 is 0 Å². The van der Waals surface area contributed by atoms with Crippen LogP contribution in [0.3, 0.4) is 0 Å². The Kier molecular flexibility index (Phi) is 2.49. The summed E-state index contributed by atoms with van der Waals surface area (Å²) in [5.74, 6) is 2.03. The number of anilines is 1. The molecule has 1 N–H and O–H groups in total. The van der Waals surface area contributed by atoms with Crippen molar-refractivity contribution in [3.63, 3.8) is 0 Å².